The molecule has 1 amide bonds. The fourth-order valence-electron chi connectivity index (χ4n) is 2.62. The zero-order chi connectivity index (χ0) is 18.7. The number of carbonyl (C=O) groups is 1. The van der Waals surface area contributed by atoms with E-state index in [0.717, 1.165) is 16.8 Å². The Kier molecular flexibility index (Phi) is 5.59. The number of halogens is 1. The molecule has 1 N–H and O–H groups in total. The molecule has 3 rings (SSSR count). The van der Waals surface area contributed by atoms with Crippen molar-refractivity contribution in [2.45, 2.75) is 24.5 Å². The van der Waals surface area contributed by atoms with Crippen LogP contribution >= 0.6 is 11.6 Å². The lowest BCUT2D eigenvalue weighted by Crippen LogP contribution is -2.11. The van der Waals surface area contributed by atoms with Crippen molar-refractivity contribution in [3.63, 3.8) is 0 Å². The van der Waals surface area contributed by atoms with Crippen molar-refractivity contribution in [2.24, 2.45) is 0 Å². The summed E-state index contributed by atoms with van der Waals surface area (Å²) in [6, 6.07) is 15.9. The third kappa shape index (κ3) is 4.62. The molecule has 0 saturated heterocycles. The summed E-state index contributed by atoms with van der Waals surface area (Å²) >= 11 is 5.84. The summed E-state index contributed by atoms with van der Waals surface area (Å²) in [6.07, 6.45) is 0. The molecule has 0 aliphatic carbocycles. The molecule has 0 bridgehead atoms. The summed E-state index contributed by atoms with van der Waals surface area (Å²) in [5.74, 6) is 0.535. The van der Waals surface area contributed by atoms with Crippen LogP contribution in [-0.4, -0.2) is 10.1 Å². The van der Waals surface area contributed by atoms with E-state index in [2.05, 4.69) is 5.32 Å². The first-order valence-electron chi connectivity index (χ1n) is 8.03. The summed E-state index contributed by atoms with van der Waals surface area (Å²) < 4.78 is 17.9. The maximum absolute atomic E-state index is 12.4. The van der Waals surface area contributed by atoms with Gasteiger partial charge in [0.25, 0.3) is 5.91 Å². The van der Waals surface area contributed by atoms with E-state index < -0.39 is 10.8 Å². The van der Waals surface area contributed by atoms with Crippen molar-refractivity contribution < 1.29 is 13.4 Å². The number of aryl methyl sites for hydroxylation is 2. The molecule has 6 heteroatoms. The van der Waals surface area contributed by atoms with Crippen LogP contribution in [0.3, 0.4) is 0 Å². The molecule has 0 fully saturated rings. The van der Waals surface area contributed by atoms with Gasteiger partial charge in [0.05, 0.1) is 16.6 Å². The van der Waals surface area contributed by atoms with Crippen LogP contribution in [0.25, 0.3) is 0 Å². The van der Waals surface area contributed by atoms with E-state index in [1.165, 1.54) is 0 Å². The predicted molar refractivity (Wildman–Crippen MR) is 104 cm³/mol. The highest BCUT2D eigenvalue weighted by molar-refractivity contribution is 7.84. The van der Waals surface area contributed by atoms with Crippen molar-refractivity contribution in [3.8, 4) is 0 Å². The average Bonchev–Trinajstić information content (AvgIpc) is 3.03. The van der Waals surface area contributed by atoms with E-state index in [4.69, 9.17) is 16.0 Å². The number of carbonyl (C=O) groups excluding carboxylic acids is 1. The molecule has 1 atom stereocenters. The number of rotatable bonds is 5. The average molecular weight is 388 g/mol. The van der Waals surface area contributed by atoms with Gasteiger partial charge in [-0.05, 0) is 73.5 Å². The lowest BCUT2D eigenvalue weighted by molar-refractivity contribution is 0.0995. The Labute approximate surface area is 159 Å². The second-order valence-corrected chi connectivity index (χ2v) is 7.93. The van der Waals surface area contributed by atoms with Crippen LogP contribution < -0.4 is 5.32 Å². The smallest absolute Gasteiger partial charge is 0.291 e. The summed E-state index contributed by atoms with van der Waals surface area (Å²) in [5.41, 5.74) is 2.85. The zero-order valence-corrected chi connectivity index (χ0v) is 16.0. The minimum atomic E-state index is -1.27. The number of nitrogens with one attached hydrogen (secondary N) is 1. The second-order valence-electron chi connectivity index (χ2n) is 6.04. The van der Waals surface area contributed by atoms with Gasteiger partial charge in [0, 0.05) is 15.6 Å². The summed E-state index contributed by atoms with van der Waals surface area (Å²) in [4.78, 5) is 13.0. The SMILES string of the molecule is Cc1cc(C)cc(NC(=O)c2ccc(C[S@@](=O)c3ccc(Cl)cc3)o2)c1. The van der Waals surface area contributed by atoms with Gasteiger partial charge in [-0.2, -0.15) is 0 Å². The first-order valence-corrected chi connectivity index (χ1v) is 9.73. The number of benzene rings is 2. The zero-order valence-electron chi connectivity index (χ0n) is 14.4. The predicted octanol–water partition coefficient (Wildman–Crippen LogP) is 5.11. The largest absolute Gasteiger partial charge is 0.455 e. The lowest BCUT2D eigenvalue weighted by Gasteiger charge is -2.06. The highest BCUT2D eigenvalue weighted by Gasteiger charge is 2.14. The number of anilines is 1. The Morgan fingerprint density at radius 2 is 1.69 bits per heavy atom. The monoisotopic (exact) mass is 387 g/mol. The van der Waals surface area contributed by atoms with Gasteiger partial charge in [0.15, 0.2) is 5.76 Å². The molecule has 0 saturated carbocycles. The second kappa shape index (κ2) is 7.89. The molecule has 0 aliphatic heterocycles. The first-order chi connectivity index (χ1) is 12.4. The van der Waals surface area contributed by atoms with Crippen molar-refractivity contribution in [1.29, 1.82) is 0 Å². The van der Waals surface area contributed by atoms with Crippen LogP contribution in [-0.2, 0) is 16.6 Å². The Bertz CT molecular complexity index is 943. The minimum absolute atomic E-state index is 0.187. The standard InChI is InChI=1S/C20H18ClNO3S/c1-13-9-14(2)11-16(10-13)22-20(23)19-8-5-17(25-19)12-26(24)18-6-3-15(21)4-7-18/h3-11H,12H2,1-2H3,(H,22,23)/t26-/m1/s1. The number of hydrogen-bond acceptors (Lipinski definition) is 3. The van der Waals surface area contributed by atoms with Gasteiger partial charge < -0.3 is 9.73 Å². The van der Waals surface area contributed by atoms with Crippen LogP contribution in [0, 0.1) is 13.8 Å². The van der Waals surface area contributed by atoms with E-state index >= 15 is 0 Å². The van der Waals surface area contributed by atoms with Crippen LogP contribution in [0.5, 0.6) is 0 Å². The van der Waals surface area contributed by atoms with E-state index in [9.17, 15) is 9.00 Å². The van der Waals surface area contributed by atoms with Crippen molar-refractivity contribution >= 4 is 34.0 Å². The highest BCUT2D eigenvalue weighted by Crippen LogP contribution is 2.19. The van der Waals surface area contributed by atoms with Crippen molar-refractivity contribution in [3.05, 3.63) is 82.3 Å². The Morgan fingerprint density at radius 3 is 2.35 bits per heavy atom. The molecular formula is C20H18ClNO3S. The molecule has 0 radical (unpaired) electrons. The topological polar surface area (TPSA) is 59.3 Å². The maximum Gasteiger partial charge on any atom is 0.291 e. The molecule has 0 aliphatic rings. The van der Waals surface area contributed by atoms with Gasteiger partial charge in [-0.3, -0.25) is 9.00 Å². The number of amides is 1. The van der Waals surface area contributed by atoms with Gasteiger partial charge in [-0.25, -0.2) is 0 Å². The Hall–Kier alpha value is -2.37. The van der Waals surface area contributed by atoms with Crippen LogP contribution in [0.2, 0.25) is 5.02 Å². The van der Waals surface area contributed by atoms with Gasteiger partial charge in [-0.15, -0.1) is 0 Å². The summed E-state index contributed by atoms with van der Waals surface area (Å²) in [7, 11) is -1.27. The van der Waals surface area contributed by atoms with E-state index in [1.54, 1.807) is 36.4 Å². The molecule has 134 valence electrons. The molecule has 0 unspecified atom stereocenters. The molecule has 2 aromatic carbocycles. The third-order valence-electron chi connectivity index (χ3n) is 3.71. The highest BCUT2D eigenvalue weighted by atomic mass is 35.5. The van der Waals surface area contributed by atoms with Crippen LogP contribution in [0.4, 0.5) is 5.69 Å². The molecule has 3 aromatic rings. The molecule has 1 heterocycles. The van der Waals surface area contributed by atoms with Gasteiger partial charge in [0.2, 0.25) is 0 Å². The van der Waals surface area contributed by atoms with E-state index in [-0.39, 0.29) is 17.4 Å². The Morgan fingerprint density at radius 1 is 1.04 bits per heavy atom. The molecular weight excluding hydrogens is 370 g/mol. The fraction of sp³-hybridized carbons (Fsp3) is 0.150. The van der Waals surface area contributed by atoms with Gasteiger partial charge in [0.1, 0.15) is 5.76 Å². The Balaban J connectivity index is 1.67. The van der Waals surface area contributed by atoms with Gasteiger partial charge >= 0.3 is 0 Å². The summed E-state index contributed by atoms with van der Waals surface area (Å²) in [5, 5.41) is 3.41. The molecule has 26 heavy (non-hydrogen) atoms. The van der Waals surface area contributed by atoms with Crippen LogP contribution in [0.1, 0.15) is 27.4 Å². The van der Waals surface area contributed by atoms with Crippen molar-refractivity contribution in [2.75, 3.05) is 5.32 Å². The first kappa shape index (κ1) is 18.4. The molecule has 4 nitrogen and oxygen atoms in total. The third-order valence-corrected chi connectivity index (χ3v) is 5.31. The van der Waals surface area contributed by atoms with Crippen molar-refractivity contribution in [1.82, 2.24) is 0 Å². The molecule has 0 spiro atoms. The quantitative estimate of drug-likeness (QED) is 0.661. The number of hydrogen-bond donors (Lipinski definition) is 1. The van der Waals surface area contributed by atoms with Crippen LogP contribution in [0.15, 0.2) is 63.9 Å². The normalized spacial score (nSPS) is 12.0. The number of furan rings is 1. The van der Waals surface area contributed by atoms with E-state index in [0.29, 0.717) is 15.7 Å². The maximum atomic E-state index is 12.4. The summed E-state index contributed by atoms with van der Waals surface area (Å²) in [6.45, 7) is 3.94. The van der Waals surface area contributed by atoms with E-state index in [1.807, 2.05) is 32.0 Å². The lowest BCUT2D eigenvalue weighted by atomic mass is 10.1. The molecule has 1 aromatic heterocycles. The minimum Gasteiger partial charge on any atom is -0.455 e. The fourth-order valence-corrected chi connectivity index (χ4v) is 3.76. The van der Waals surface area contributed by atoms with Gasteiger partial charge in [-0.1, -0.05) is 17.7 Å².